The van der Waals surface area contributed by atoms with Crippen molar-refractivity contribution in [1.29, 1.82) is 0 Å². The van der Waals surface area contributed by atoms with Crippen LogP contribution in [0.2, 0.25) is 0 Å². The van der Waals surface area contributed by atoms with Gasteiger partial charge in [-0.3, -0.25) is 19.7 Å². The van der Waals surface area contributed by atoms with Crippen molar-refractivity contribution in [2.75, 3.05) is 0 Å². The molecular formula is C7H10N2O4. The highest BCUT2D eigenvalue weighted by atomic mass is 16.6. The van der Waals surface area contributed by atoms with E-state index >= 15 is 0 Å². The van der Waals surface area contributed by atoms with Gasteiger partial charge in [0.05, 0.1) is 6.42 Å². The second kappa shape index (κ2) is 3.53. The molecule has 1 saturated heterocycles. The van der Waals surface area contributed by atoms with Gasteiger partial charge in [0, 0.05) is 0 Å². The maximum Gasteiger partial charge on any atom is 0.323 e. The first-order valence-corrected chi connectivity index (χ1v) is 3.80. The lowest BCUT2D eigenvalue weighted by Gasteiger charge is -2.09. The van der Waals surface area contributed by atoms with E-state index in [9.17, 15) is 14.4 Å². The molecule has 2 amide bonds. The van der Waals surface area contributed by atoms with Gasteiger partial charge in [-0.15, -0.1) is 0 Å². The van der Waals surface area contributed by atoms with Crippen molar-refractivity contribution in [2.24, 2.45) is 5.73 Å². The van der Waals surface area contributed by atoms with Crippen molar-refractivity contribution in [3.63, 3.8) is 0 Å². The van der Waals surface area contributed by atoms with Crippen molar-refractivity contribution in [3.8, 4) is 0 Å². The topological polar surface area (TPSA) is 98.5 Å². The number of nitrogens with one attached hydrogen (secondary N) is 1. The summed E-state index contributed by atoms with van der Waals surface area (Å²) in [7, 11) is 0. The van der Waals surface area contributed by atoms with E-state index in [0.717, 1.165) is 0 Å². The lowest BCUT2D eigenvalue weighted by atomic mass is 10.3. The molecule has 0 aromatic heterocycles. The molecule has 2 atom stereocenters. The highest BCUT2D eigenvalue weighted by Crippen LogP contribution is 2.06. The molecular weight excluding hydrogens is 176 g/mol. The summed E-state index contributed by atoms with van der Waals surface area (Å²) in [5.74, 6) is -1.71. The van der Waals surface area contributed by atoms with Gasteiger partial charge >= 0.3 is 5.97 Å². The van der Waals surface area contributed by atoms with Gasteiger partial charge < -0.3 is 10.5 Å². The number of ether oxygens (including phenoxy) is 1. The minimum Gasteiger partial charge on any atom is -0.451 e. The van der Waals surface area contributed by atoms with Crippen LogP contribution in [0.1, 0.15) is 13.3 Å². The van der Waals surface area contributed by atoms with Crippen LogP contribution in [-0.4, -0.2) is 29.9 Å². The molecule has 13 heavy (non-hydrogen) atoms. The zero-order valence-electron chi connectivity index (χ0n) is 7.07. The van der Waals surface area contributed by atoms with Crippen LogP contribution in [0.5, 0.6) is 0 Å². The molecule has 1 aliphatic heterocycles. The monoisotopic (exact) mass is 186 g/mol. The summed E-state index contributed by atoms with van der Waals surface area (Å²) in [5, 5.41) is 2.02. The third kappa shape index (κ3) is 2.25. The van der Waals surface area contributed by atoms with Gasteiger partial charge in [-0.2, -0.15) is 0 Å². The van der Waals surface area contributed by atoms with Gasteiger partial charge in [0.15, 0.2) is 6.10 Å². The molecule has 72 valence electrons. The third-order valence-electron chi connectivity index (χ3n) is 1.56. The molecule has 1 aliphatic rings. The van der Waals surface area contributed by atoms with E-state index < -0.39 is 29.9 Å². The maximum absolute atomic E-state index is 10.9. The van der Waals surface area contributed by atoms with Gasteiger partial charge in [-0.25, -0.2) is 0 Å². The van der Waals surface area contributed by atoms with Crippen molar-refractivity contribution in [3.05, 3.63) is 0 Å². The first-order chi connectivity index (χ1) is 6.00. The Kier molecular flexibility index (Phi) is 2.62. The molecule has 1 rings (SSSR count). The van der Waals surface area contributed by atoms with E-state index in [1.807, 2.05) is 5.32 Å². The predicted molar refractivity (Wildman–Crippen MR) is 41.3 cm³/mol. The van der Waals surface area contributed by atoms with Crippen LogP contribution in [0.3, 0.4) is 0 Å². The normalized spacial score (nSPS) is 24.0. The van der Waals surface area contributed by atoms with Crippen LogP contribution < -0.4 is 11.1 Å². The van der Waals surface area contributed by atoms with E-state index in [2.05, 4.69) is 4.74 Å². The number of carbonyl (C=O) groups is 3. The zero-order chi connectivity index (χ0) is 10.0. The molecule has 0 aromatic rings. The average Bonchev–Trinajstić information content (AvgIpc) is 2.30. The molecule has 1 fully saturated rings. The number of imide groups is 1. The Morgan fingerprint density at radius 2 is 2.31 bits per heavy atom. The van der Waals surface area contributed by atoms with Crippen molar-refractivity contribution >= 4 is 17.8 Å². The van der Waals surface area contributed by atoms with Gasteiger partial charge in [0.25, 0.3) is 5.91 Å². The SMILES string of the molecule is C[C@H](N)C(=O)OC1CC(=O)NC1=O. The third-order valence-corrected chi connectivity index (χ3v) is 1.56. The highest BCUT2D eigenvalue weighted by Gasteiger charge is 2.34. The summed E-state index contributed by atoms with van der Waals surface area (Å²) in [6.07, 6.45) is -1.12. The fourth-order valence-corrected chi connectivity index (χ4v) is 0.873. The van der Waals surface area contributed by atoms with E-state index in [1.54, 1.807) is 0 Å². The van der Waals surface area contributed by atoms with E-state index in [4.69, 9.17) is 5.73 Å². The molecule has 0 radical (unpaired) electrons. The summed E-state index contributed by atoms with van der Waals surface area (Å²) >= 11 is 0. The summed E-state index contributed by atoms with van der Waals surface area (Å²) < 4.78 is 4.66. The van der Waals surface area contributed by atoms with Gasteiger partial charge in [0.1, 0.15) is 6.04 Å². The van der Waals surface area contributed by atoms with Crippen LogP contribution in [0.25, 0.3) is 0 Å². The lowest BCUT2D eigenvalue weighted by molar-refractivity contribution is -0.154. The highest BCUT2D eigenvalue weighted by molar-refractivity contribution is 6.05. The van der Waals surface area contributed by atoms with Crippen LogP contribution in [-0.2, 0) is 19.1 Å². The van der Waals surface area contributed by atoms with Crippen LogP contribution in [0.4, 0.5) is 0 Å². The van der Waals surface area contributed by atoms with Crippen LogP contribution in [0, 0.1) is 0 Å². The van der Waals surface area contributed by atoms with Crippen LogP contribution in [0.15, 0.2) is 0 Å². The van der Waals surface area contributed by atoms with E-state index in [0.29, 0.717) is 0 Å². The molecule has 0 spiro atoms. The number of carbonyl (C=O) groups excluding carboxylic acids is 3. The Labute approximate surface area is 74.4 Å². The Balaban J connectivity index is 2.51. The smallest absolute Gasteiger partial charge is 0.323 e. The fourth-order valence-electron chi connectivity index (χ4n) is 0.873. The standard InChI is InChI=1S/C7H10N2O4/c1-3(8)7(12)13-4-2-5(10)9-6(4)11/h3-4H,2,8H2,1H3,(H,9,10,11)/t3-,4?/m0/s1. The first-order valence-electron chi connectivity index (χ1n) is 3.80. The molecule has 3 N–H and O–H groups in total. The predicted octanol–water partition coefficient (Wildman–Crippen LogP) is -1.71. The van der Waals surface area contributed by atoms with Crippen molar-refractivity contribution in [2.45, 2.75) is 25.5 Å². The Morgan fingerprint density at radius 3 is 2.69 bits per heavy atom. The second-order valence-electron chi connectivity index (χ2n) is 2.83. The first kappa shape index (κ1) is 9.66. The Morgan fingerprint density at radius 1 is 1.69 bits per heavy atom. The maximum atomic E-state index is 10.9. The summed E-state index contributed by atoms with van der Waals surface area (Å²) in [5.41, 5.74) is 5.20. The number of nitrogens with two attached hydrogens (primary N) is 1. The van der Waals surface area contributed by atoms with E-state index in [1.165, 1.54) is 6.92 Å². The summed E-state index contributed by atoms with van der Waals surface area (Å²) in [6, 6.07) is -0.788. The lowest BCUT2D eigenvalue weighted by Crippen LogP contribution is -2.35. The second-order valence-corrected chi connectivity index (χ2v) is 2.83. The van der Waals surface area contributed by atoms with Crippen molar-refractivity contribution in [1.82, 2.24) is 5.32 Å². The molecule has 0 bridgehead atoms. The van der Waals surface area contributed by atoms with Gasteiger partial charge in [-0.1, -0.05) is 0 Å². The molecule has 1 heterocycles. The summed E-state index contributed by atoms with van der Waals surface area (Å²) in [4.78, 5) is 32.5. The largest absolute Gasteiger partial charge is 0.451 e. The molecule has 0 aromatic carbocycles. The van der Waals surface area contributed by atoms with E-state index in [-0.39, 0.29) is 6.42 Å². The number of esters is 1. The Hall–Kier alpha value is -1.43. The van der Waals surface area contributed by atoms with Gasteiger partial charge in [0.2, 0.25) is 5.91 Å². The van der Waals surface area contributed by atoms with Gasteiger partial charge in [-0.05, 0) is 6.92 Å². The summed E-state index contributed by atoms with van der Waals surface area (Å²) in [6.45, 7) is 1.44. The Bertz CT molecular complexity index is 261. The minimum atomic E-state index is -1.01. The quantitative estimate of drug-likeness (QED) is 0.395. The molecule has 0 aliphatic carbocycles. The van der Waals surface area contributed by atoms with Crippen LogP contribution >= 0.6 is 0 Å². The molecule has 6 heteroatoms. The average molecular weight is 186 g/mol. The zero-order valence-corrected chi connectivity index (χ0v) is 7.07. The number of hydrogen-bond acceptors (Lipinski definition) is 5. The number of rotatable bonds is 2. The minimum absolute atomic E-state index is 0.114. The fraction of sp³-hybridized carbons (Fsp3) is 0.571. The molecule has 6 nitrogen and oxygen atoms in total. The number of hydrogen-bond donors (Lipinski definition) is 2. The number of amides is 2. The van der Waals surface area contributed by atoms with Crippen molar-refractivity contribution < 1.29 is 19.1 Å². The molecule has 0 saturated carbocycles. The molecule has 1 unspecified atom stereocenters.